The molecule has 0 heterocycles. The van der Waals surface area contributed by atoms with Gasteiger partial charge in [-0.2, -0.15) is 8.78 Å². The van der Waals surface area contributed by atoms with Crippen LogP contribution in [0.4, 0.5) is 8.78 Å². The first-order valence-corrected chi connectivity index (χ1v) is 8.76. The van der Waals surface area contributed by atoms with Gasteiger partial charge < -0.3 is 14.8 Å². The zero-order chi connectivity index (χ0) is 19.2. The highest BCUT2D eigenvalue weighted by molar-refractivity contribution is 5.92. The number of hydrogen-bond acceptors (Lipinski definition) is 3. The smallest absolute Gasteiger partial charge is 0.387 e. The van der Waals surface area contributed by atoms with Crippen molar-refractivity contribution in [3.05, 3.63) is 65.2 Å². The Kier molecular flexibility index (Phi) is 6.06. The number of methoxy groups -OCH3 is 1. The number of ether oxygens (including phenoxy) is 2. The second-order valence-corrected chi connectivity index (χ2v) is 6.27. The number of alkyl halides is 2. The first-order valence-electron chi connectivity index (χ1n) is 8.76. The molecule has 142 valence electrons. The van der Waals surface area contributed by atoms with Gasteiger partial charge >= 0.3 is 6.61 Å². The predicted octanol–water partition coefficient (Wildman–Crippen LogP) is 4.50. The Morgan fingerprint density at radius 3 is 2.81 bits per heavy atom. The molecule has 2 aromatic rings. The van der Waals surface area contributed by atoms with Gasteiger partial charge in [0, 0.05) is 6.08 Å². The van der Waals surface area contributed by atoms with E-state index >= 15 is 0 Å². The van der Waals surface area contributed by atoms with E-state index in [0.29, 0.717) is 5.56 Å². The highest BCUT2D eigenvalue weighted by Crippen LogP contribution is 2.31. The fourth-order valence-corrected chi connectivity index (χ4v) is 3.28. The Morgan fingerprint density at radius 1 is 1.22 bits per heavy atom. The molecule has 0 unspecified atom stereocenters. The zero-order valence-corrected chi connectivity index (χ0v) is 15.0. The SMILES string of the molecule is COc1cc(/C=C/C(=O)N[C@@H]2CCCc3ccccc32)ccc1OC(F)F. The average Bonchev–Trinajstić information content (AvgIpc) is 2.67. The molecular formula is C21H21F2NO3. The summed E-state index contributed by atoms with van der Waals surface area (Å²) in [6.45, 7) is -2.93. The van der Waals surface area contributed by atoms with Crippen LogP contribution in [0.2, 0.25) is 0 Å². The summed E-state index contributed by atoms with van der Waals surface area (Å²) in [6, 6.07) is 12.7. The molecule has 1 aliphatic rings. The number of fused-ring (bicyclic) bond motifs is 1. The maximum Gasteiger partial charge on any atom is 0.387 e. The van der Waals surface area contributed by atoms with Crippen molar-refractivity contribution in [2.75, 3.05) is 7.11 Å². The van der Waals surface area contributed by atoms with E-state index in [1.807, 2.05) is 12.1 Å². The molecule has 0 saturated heterocycles. The minimum Gasteiger partial charge on any atom is -0.493 e. The van der Waals surface area contributed by atoms with Crippen LogP contribution in [0, 0.1) is 0 Å². The van der Waals surface area contributed by atoms with Gasteiger partial charge in [-0.05, 0) is 54.2 Å². The topological polar surface area (TPSA) is 47.6 Å². The zero-order valence-electron chi connectivity index (χ0n) is 15.0. The predicted molar refractivity (Wildman–Crippen MR) is 98.9 cm³/mol. The van der Waals surface area contributed by atoms with Gasteiger partial charge in [-0.3, -0.25) is 4.79 Å². The lowest BCUT2D eigenvalue weighted by Gasteiger charge is -2.25. The van der Waals surface area contributed by atoms with Gasteiger partial charge in [0.05, 0.1) is 13.2 Å². The minimum absolute atomic E-state index is 0.00320. The lowest BCUT2D eigenvalue weighted by atomic mass is 9.88. The molecule has 0 bridgehead atoms. The van der Waals surface area contributed by atoms with E-state index in [0.717, 1.165) is 19.3 Å². The molecule has 0 spiro atoms. The molecule has 3 rings (SSSR count). The van der Waals surface area contributed by atoms with Gasteiger partial charge in [0.1, 0.15) is 0 Å². The average molecular weight is 373 g/mol. The Balaban J connectivity index is 1.67. The largest absolute Gasteiger partial charge is 0.493 e. The quantitative estimate of drug-likeness (QED) is 0.758. The standard InChI is InChI=1S/C21H21F2NO3/c1-26-19-13-14(9-11-18(19)27-21(22)23)10-12-20(25)24-17-8-4-6-15-5-2-3-7-16(15)17/h2-3,5,7,9-13,17,21H,4,6,8H2,1H3,(H,24,25)/b12-10+/t17-/m1/s1. The van der Waals surface area contributed by atoms with Crippen molar-refractivity contribution >= 4 is 12.0 Å². The summed E-state index contributed by atoms with van der Waals surface area (Å²) in [5.41, 5.74) is 3.09. The van der Waals surface area contributed by atoms with E-state index in [-0.39, 0.29) is 23.4 Å². The van der Waals surface area contributed by atoms with E-state index in [2.05, 4.69) is 22.2 Å². The third kappa shape index (κ3) is 4.84. The third-order valence-corrected chi connectivity index (χ3v) is 4.52. The van der Waals surface area contributed by atoms with Crippen LogP contribution >= 0.6 is 0 Å². The van der Waals surface area contributed by atoms with E-state index in [1.165, 1.54) is 36.4 Å². The maximum atomic E-state index is 12.4. The molecule has 0 aliphatic heterocycles. The summed E-state index contributed by atoms with van der Waals surface area (Å²) in [6.07, 6.45) is 6.02. The number of rotatable bonds is 6. The van der Waals surface area contributed by atoms with Crippen LogP contribution in [0.3, 0.4) is 0 Å². The number of halogens is 2. The monoisotopic (exact) mass is 373 g/mol. The molecule has 0 aromatic heterocycles. The van der Waals surface area contributed by atoms with Crippen LogP contribution in [0.1, 0.15) is 35.6 Å². The number of benzene rings is 2. The summed E-state index contributed by atoms with van der Waals surface area (Å²) in [5, 5.41) is 3.03. The molecule has 0 radical (unpaired) electrons. The summed E-state index contributed by atoms with van der Waals surface area (Å²) in [7, 11) is 1.37. The third-order valence-electron chi connectivity index (χ3n) is 4.52. The van der Waals surface area contributed by atoms with Crippen LogP contribution < -0.4 is 14.8 Å². The molecule has 4 nitrogen and oxygen atoms in total. The van der Waals surface area contributed by atoms with Crippen LogP contribution in [0.25, 0.3) is 6.08 Å². The van der Waals surface area contributed by atoms with Gasteiger partial charge in [-0.25, -0.2) is 0 Å². The van der Waals surface area contributed by atoms with Gasteiger partial charge in [0.15, 0.2) is 11.5 Å². The molecule has 27 heavy (non-hydrogen) atoms. The van der Waals surface area contributed by atoms with E-state index in [4.69, 9.17) is 4.74 Å². The summed E-state index contributed by atoms with van der Waals surface area (Å²) in [4.78, 5) is 12.3. The number of carbonyl (C=O) groups excluding carboxylic acids is 1. The Morgan fingerprint density at radius 2 is 2.04 bits per heavy atom. The molecule has 1 atom stereocenters. The highest BCUT2D eigenvalue weighted by atomic mass is 19.3. The van der Waals surface area contributed by atoms with Crippen molar-refractivity contribution < 1.29 is 23.0 Å². The minimum atomic E-state index is -2.93. The molecule has 6 heteroatoms. The first kappa shape index (κ1) is 18.9. The first-order chi connectivity index (χ1) is 13.1. The molecule has 2 aromatic carbocycles. The molecule has 1 N–H and O–H groups in total. The summed E-state index contributed by atoms with van der Waals surface area (Å²) in [5.74, 6) is -0.0736. The molecule has 1 amide bonds. The number of carbonyl (C=O) groups is 1. The molecular weight excluding hydrogens is 352 g/mol. The number of amides is 1. The normalized spacial score (nSPS) is 16.2. The summed E-state index contributed by atoms with van der Waals surface area (Å²) < 4.78 is 34.2. The van der Waals surface area contributed by atoms with Crippen molar-refractivity contribution in [3.63, 3.8) is 0 Å². The van der Waals surface area contributed by atoms with Crippen molar-refractivity contribution in [1.82, 2.24) is 5.32 Å². The molecule has 1 aliphatic carbocycles. The van der Waals surface area contributed by atoms with E-state index < -0.39 is 6.61 Å². The van der Waals surface area contributed by atoms with Gasteiger partial charge in [-0.1, -0.05) is 30.3 Å². The van der Waals surface area contributed by atoms with Crippen molar-refractivity contribution in [3.8, 4) is 11.5 Å². The highest BCUT2D eigenvalue weighted by Gasteiger charge is 2.20. The molecule has 0 saturated carbocycles. The summed E-state index contributed by atoms with van der Waals surface area (Å²) >= 11 is 0. The Hall–Kier alpha value is -2.89. The van der Waals surface area contributed by atoms with Crippen LogP contribution in [0.15, 0.2) is 48.5 Å². The van der Waals surface area contributed by atoms with Crippen molar-refractivity contribution in [2.24, 2.45) is 0 Å². The van der Waals surface area contributed by atoms with Gasteiger partial charge in [0.2, 0.25) is 5.91 Å². The fraction of sp³-hybridized carbons (Fsp3) is 0.286. The Bertz CT molecular complexity index is 836. The van der Waals surface area contributed by atoms with E-state index in [1.54, 1.807) is 12.1 Å². The van der Waals surface area contributed by atoms with Crippen molar-refractivity contribution in [2.45, 2.75) is 31.9 Å². The van der Waals surface area contributed by atoms with Gasteiger partial charge in [0.25, 0.3) is 0 Å². The van der Waals surface area contributed by atoms with Gasteiger partial charge in [-0.15, -0.1) is 0 Å². The lowest BCUT2D eigenvalue weighted by molar-refractivity contribution is -0.117. The number of aryl methyl sites for hydroxylation is 1. The fourth-order valence-electron chi connectivity index (χ4n) is 3.28. The number of hydrogen-bond donors (Lipinski definition) is 1. The lowest BCUT2D eigenvalue weighted by Crippen LogP contribution is -2.29. The van der Waals surface area contributed by atoms with E-state index in [9.17, 15) is 13.6 Å². The van der Waals surface area contributed by atoms with Crippen molar-refractivity contribution in [1.29, 1.82) is 0 Å². The van der Waals surface area contributed by atoms with Crippen LogP contribution in [0.5, 0.6) is 11.5 Å². The molecule has 0 fully saturated rings. The maximum absolute atomic E-state index is 12.4. The Labute approximate surface area is 156 Å². The van der Waals surface area contributed by atoms with Crippen LogP contribution in [-0.4, -0.2) is 19.6 Å². The second-order valence-electron chi connectivity index (χ2n) is 6.27. The van der Waals surface area contributed by atoms with Crippen LogP contribution in [-0.2, 0) is 11.2 Å². The number of nitrogens with one attached hydrogen (secondary N) is 1. The second kappa shape index (κ2) is 8.66.